The van der Waals surface area contributed by atoms with Crippen LogP contribution in [0.5, 0.6) is 0 Å². The van der Waals surface area contributed by atoms with Crippen LogP contribution in [0.2, 0.25) is 0 Å². The lowest BCUT2D eigenvalue weighted by Crippen LogP contribution is -2.11. The topological polar surface area (TPSA) is 81.2 Å². The smallest absolute Gasteiger partial charge is 0.255 e. The molecule has 5 nitrogen and oxygen atoms in total. The second-order valence-electron chi connectivity index (χ2n) is 3.50. The zero-order valence-electron chi connectivity index (χ0n) is 8.73. The Hall–Kier alpha value is -2.30. The first-order chi connectivity index (χ1) is 7.65. The minimum Gasteiger partial charge on any atom is -0.399 e. The highest BCUT2D eigenvalue weighted by atomic mass is 16.5. The molecule has 0 unspecified atom stereocenters. The maximum absolute atomic E-state index is 11.8. The summed E-state index contributed by atoms with van der Waals surface area (Å²) in [4.78, 5) is 11.8. The molecule has 3 N–H and O–H groups in total. The molecule has 0 spiro atoms. The number of nitrogens with zero attached hydrogens (tertiary/aromatic N) is 1. The summed E-state index contributed by atoms with van der Waals surface area (Å²) in [5, 5.41) is 6.13. The van der Waals surface area contributed by atoms with Gasteiger partial charge >= 0.3 is 0 Å². The number of carbonyl (C=O) groups excluding carboxylic acids is 1. The standard InChI is InChI=1S/C11H11N3O2/c1-7-2-8(4-9(12)3-7)11(15)14-10-5-13-16-6-10/h2-6H,12H2,1H3,(H,14,15). The highest BCUT2D eigenvalue weighted by Crippen LogP contribution is 2.13. The Morgan fingerprint density at radius 2 is 2.25 bits per heavy atom. The lowest BCUT2D eigenvalue weighted by atomic mass is 10.1. The van der Waals surface area contributed by atoms with E-state index < -0.39 is 0 Å². The fourth-order valence-corrected chi connectivity index (χ4v) is 1.41. The van der Waals surface area contributed by atoms with Crippen LogP contribution in [0.3, 0.4) is 0 Å². The third-order valence-electron chi connectivity index (χ3n) is 2.05. The van der Waals surface area contributed by atoms with E-state index in [9.17, 15) is 4.79 Å². The number of aryl methyl sites for hydroxylation is 1. The molecule has 0 aliphatic rings. The number of aromatic nitrogens is 1. The molecule has 82 valence electrons. The Labute approximate surface area is 92.2 Å². The van der Waals surface area contributed by atoms with Crippen molar-refractivity contribution in [3.8, 4) is 0 Å². The molecule has 0 aliphatic heterocycles. The monoisotopic (exact) mass is 217 g/mol. The van der Waals surface area contributed by atoms with Crippen LogP contribution in [0, 0.1) is 6.92 Å². The van der Waals surface area contributed by atoms with Crippen molar-refractivity contribution in [3.63, 3.8) is 0 Å². The SMILES string of the molecule is Cc1cc(N)cc(C(=O)Nc2cnoc2)c1. The number of nitrogen functional groups attached to an aromatic ring is 1. The van der Waals surface area contributed by atoms with Crippen molar-refractivity contribution in [3.05, 3.63) is 41.8 Å². The number of anilines is 2. The summed E-state index contributed by atoms with van der Waals surface area (Å²) in [6, 6.07) is 5.19. The van der Waals surface area contributed by atoms with Crippen molar-refractivity contribution in [1.29, 1.82) is 0 Å². The number of benzene rings is 1. The lowest BCUT2D eigenvalue weighted by Gasteiger charge is -2.04. The van der Waals surface area contributed by atoms with Gasteiger partial charge in [0.15, 0.2) is 0 Å². The van der Waals surface area contributed by atoms with Crippen LogP contribution in [0.4, 0.5) is 11.4 Å². The number of rotatable bonds is 2. The number of nitrogens with one attached hydrogen (secondary N) is 1. The average Bonchev–Trinajstić information content (AvgIpc) is 2.68. The summed E-state index contributed by atoms with van der Waals surface area (Å²) in [5.41, 5.74) is 8.20. The van der Waals surface area contributed by atoms with Gasteiger partial charge in [-0.25, -0.2) is 0 Å². The normalized spacial score (nSPS) is 10.1. The molecule has 0 saturated carbocycles. The first-order valence-electron chi connectivity index (χ1n) is 4.73. The molecule has 16 heavy (non-hydrogen) atoms. The molecule has 0 fully saturated rings. The molecule has 0 radical (unpaired) electrons. The van der Waals surface area contributed by atoms with Crippen molar-refractivity contribution in [2.45, 2.75) is 6.92 Å². The van der Waals surface area contributed by atoms with Crippen molar-refractivity contribution >= 4 is 17.3 Å². The molecule has 0 bridgehead atoms. The van der Waals surface area contributed by atoms with Gasteiger partial charge < -0.3 is 15.6 Å². The van der Waals surface area contributed by atoms with E-state index >= 15 is 0 Å². The molecule has 1 heterocycles. The molecule has 0 atom stereocenters. The molecule has 0 aliphatic carbocycles. The van der Waals surface area contributed by atoms with Crippen LogP contribution in [-0.4, -0.2) is 11.1 Å². The van der Waals surface area contributed by atoms with E-state index in [1.807, 2.05) is 6.92 Å². The molecule has 1 aromatic carbocycles. The Kier molecular flexibility index (Phi) is 2.59. The molecule has 5 heteroatoms. The summed E-state index contributed by atoms with van der Waals surface area (Å²) >= 11 is 0. The average molecular weight is 217 g/mol. The largest absolute Gasteiger partial charge is 0.399 e. The van der Waals surface area contributed by atoms with Crippen molar-refractivity contribution in [1.82, 2.24) is 5.16 Å². The van der Waals surface area contributed by atoms with Gasteiger partial charge in [-0.05, 0) is 30.7 Å². The van der Waals surface area contributed by atoms with E-state index in [2.05, 4.69) is 15.0 Å². The number of hydrogen-bond donors (Lipinski definition) is 2. The van der Waals surface area contributed by atoms with Crippen molar-refractivity contribution < 1.29 is 9.32 Å². The molecular weight excluding hydrogens is 206 g/mol. The first kappa shape index (κ1) is 10.2. The fourth-order valence-electron chi connectivity index (χ4n) is 1.41. The van der Waals surface area contributed by atoms with E-state index in [1.165, 1.54) is 12.5 Å². The van der Waals surface area contributed by atoms with Gasteiger partial charge in [-0.15, -0.1) is 0 Å². The number of hydrogen-bond acceptors (Lipinski definition) is 4. The van der Waals surface area contributed by atoms with Crippen LogP contribution in [0.1, 0.15) is 15.9 Å². The maximum atomic E-state index is 11.8. The van der Waals surface area contributed by atoms with Crippen molar-refractivity contribution in [2.75, 3.05) is 11.1 Å². The zero-order valence-corrected chi connectivity index (χ0v) is 8.73. The number of amides is 1. The maximum Gasteiger partial charge on any atom is 0.255 e. The van der Waals surface area contributed by atoms with Gasteiger partial charge in [0.2, 0.25) is 0 Å². The van der Waals surface area contributed by atoms with Gasteiger partial charge in [0.25, 0.3) is 5.91 Å². The van der Waals surface area contributed by atoms with Gasteiger partial charge in [0.1, 0.15) is 12.0 Å². The molecule has 1 aromatic heterocycles. The van der Waals surface area contributed by atoms with E-state index in [0.29, 0.717) is 16.9 Å². The molecule has 2 rings (SSSR count). The lowest BCUT2D eigenvalue weighted by molar-refractivity contribution is 0.102. The third kappa shape index (κ3) is 2.20. The molecule has 1 amide bonds. The van der Waals surface area contributed by atoms with Crippen LogP contribution in [0.25, 0.3) is 0 Å². The minimum absolute atomic E-state index is 0.237. The quantitative estimate of drug-likeness (QED) is 0.752. The summed E-state index contributed by atoms with van der Waals surface area (Å²) in [6.07, 6.45) is 2.79. The predicted molar refractivity (Wildman–Crippen MR) is 60.0 cm³/mol. The molecule has 0 saturated heterocycles. The zero-order chi connectivity index (χ0) is 11.5. The third-order valence-corrected chi connectivity index (χ3v) is 2.05. The summed E-state index contributed by atoms with van der Waals surface area (Å²) in [5.74, 6) is -0.237. The Morgan fingerprint density at radius 1 is 1.44 bits per heavy atom. The van der Waals surface area contributed by atoms with Gasteiger partial charge in [-0.3, -0.25) is 4.79 Å². The summed E-state index contributed by atoms with van der Waals surface area (Å²) in [7, 11) is 0. The molecular formula is C11H11N3O2. The van der Waals surface area contributed by atoms with Crippen LogP contribution >= 0.6 is 0 Å². The highest BCUT2D eigenvalue weighted by Gasteiger charge is 2.08. The fraction of sp³-hybridized carbons (Fsp3) is 0.0909. The van der Waals surface area contributed by atoms with E-state index in [1.54, 1.807) is 18.2 Å². The van der Waals surface area contributed by atoms with Gasteiger partial charge in [-0.1, -0.05) is 5.16 Å². The Bertz CT molecular complexity index is 486. The van der Waals surface area contributed by atoms with Crippen LogP contribution in [0.15, 0.2) is 35.2 Å². The Morgan fingerprint density at radius 3 is 2.88 bits per heavy atom. The summed E-state index contributed by atoms with van der Waals surface area (Å²) < 4.78 is 4.61. The Balaban J connectivity index is 2.21. The van der Waals surface area contributed by atoms with Crippen LogP contribution < -0.4 is 11.1 Å². The first-order valence-corrected chi connectivity index (χ1v) is 4.73. The van der Waals surface area contributed by atoms with E-state index in [0.717, 1.165) is 5.56 Å². The summed E-state index contributed by atoms with van der Waals surface area (Å²) in [6.45, 7) is 1.88. The second-order valence-corrected chi connectivity index (χ2v) is 3.50. The molecule has 2 aromatic rings. The van der Waals surface area contributed by atoms with E-state index in [4.69, 9.17) is 5.73 Å². The number of nitrogens with two attached hydrogens (primary N) is 1. The predicted octanol–water partition coefficient (Wildman–Crippen LogP) is 1.82. The van der Waals surface area contributed by atoms with Crippen LogP contribution in [-0.2, 0) is 0 Å². The second kappa shape index (κ2) is 4.06. The highest BCUT2D eigenvalue weighted by molar-refractivity contribution is 6.04. The van der Waals surface area contributed by atoms with Gasteiger partial charge in [-0.2, -0.15) is 0 Å². The van der Waals surface area contributed by atoms with Gasteiger partial charge in [0.05, 0.1) is 6.20 Å². The van der Waals surface area contributed by atoms with Gasteiger partial charge in [0, 0.05) is 11.3 Å². The van der Waals surface area contributed by atoms with E-state index in [-0.39, 0.29) is 5.91 Å². The number of carbonyl (C=O) groups is 1. The minimum atomic E-state index is -0.237. The van der Waals surface area contributed by atoms with Crippen molar-refractivity contribution in [2.24, 2.45) is 0 Å².